The van der Waals surface area contributed by atoms with Gasteiger partial charge in [0.1, 0.15) is 0 Å². The quantitative estimate of drug-likeness (QED) is 0.466. The Morgan fingerprint density at radius 2 is 1.78 bits per heavy atom. The average molecular weight is 445 g/mol. The number of nitrogens with one attached hydrogen (secondary N) is 1. The maximum Gasteiger partial charge on any atom is 0.174 e. The minimum absolute atomic E-state index is 0.00418. The van der Waals surface area contributed by atoms with E-state index >= 15 is 0 Å². The van der Waals surface area contributed by atoms with Gasteiger partial charge >= 0.3 is 0 Å². The molecule has 2 fully saturated rings. The maximum absolute atomic E-state index is 5.91. The van der Waals surface area contributed by atoms with Crippen molar-refractivity contribution in [3.8, 4) is 0 Å². The summed E-state index contributed by atoms with van der Waals surface area (Å²) in [5.41, 5.74) is 7.46. The van der Waals surface area contributed by atoms with E-state index in [2.05, 4.69) is 78.0 Å². The van der Waals surface area contributed by atoms with Crippen molar-refractivity contribution in [3.63, 3.8) is 0 Å². The average Bonchev–Trinajstić information content (AvgIpc) is 3.30. The van der Waals surface area contributed by atoms with Crippen LogP contribution in [0.3, 0.4) is 0 Å². The molecule has 5 heteroatoms. The van der Waals surface area contributed by atoms with Gasteiger partial charge < -0.3 is 14.8 Å². The first-order valence-electron chi connectivity index (χ1n) is 11.8. The number of benzene rings is 1. The van der Waals surface area contributed by atoms with Gasteiger partial charge in [-0.05, 0) is 87.3 Å². The van der Waals surface area contributed by atoms with Crippen LogP contribution in [0.1, 0.15) is 78.4 Å². The first-order valence-corrected chi connectivity index (χ1v) is 12.2. The van der Waals surface area contributed by atoms with Crippen LogP contribution in [0.25, 0.3) is 0 Å². The summed E-state index contributed by atoms with van der Waals surface area (Å²) in [5.74, 6) is 0. The van der Waals surface area contributed by atoms with Crippen LogP contribution in [-0.2, 0) is 0 Å². The van der Waals surface area contributed by atoms with Crippen LogP contribution in [0.2, 0.25) is 0 Å². The summed E-state index contributed by atoms with van der Waals surface area (Å²) in [7, 11) is 0. The molecule has 0 unspecified atom stereocenters. The lowest BCUT2D eigenvalue weighted by Crippen LogP contribution is -2.29. The van der Waals surface area contributed by atoms with Crippen LogP contribution in [0.4, 0.5) is 5.69 Å². The fourth-order valence-corrected chi connectivity index (χ4v) is 6.08. The molecular weight excluding hydrogens is 412 g/mol. The second kappa shape index (κ2) is 8.70. The van der Waals surface area contributed by atoms with Crippen LogP contribution in [-0.4, -0.2) is 14.7 Å². The van der Waals surface area contributed by atoms with E-state index in [0.29, 0.717) is 6.04 Å². The summed E-state index contributed by atoms with van der Waals surface area (Å²) in [5, 5.41) is 4.37. The molecule has 2 aliphatic rings. The van der Waals surface area contributed by atoms with Crippen molar-refractivity contribution in [3.05, 3.63) is 82.9 Å². The second-order valence-corrected chi connectivity index (χ2v) is 9.71. The Labute approximate surface area is 196 Å². The van der Waals surface area contributed by atoms with Gasteiger partial charge in [0, 0.05) is 29.3 Å². The molecule has 2 aromatic heterocycles. The highest BCUT2D eigenvalue weighted by molar-refractivity contribution is 7.80. The highest BCUT2D eigenvalue weighted by Crippen LogP contribution is 2.44. The van der Waals surface area contributed by atoms with Crippen molar-refractivity contribution in [1.29, 1.82) is 0 Å². The third kappa shape index (κ3) is 3.73. The lowest BCUT2D eigenvalue weighted by Gasteiger charge is -2.30. The van der Waals surface area contributed by atoms with E-state index in [-0.39, 0.29) is 12.1 Å². The number of nitrogens with zero attached hydrogens (tertiary/aromatic N) is 3. The van der Waals surface area contributed by atoms with Gasteiger partial charge in [-0.3, -0.25) is 4.98 Å². The van der Waals surface area contributed by atoms with E-state index in [1.54, 1.807) is 0 Å². The Morgan fingerprint density at radius 3 is 2.50 bits per heavy atom. The molecule has 1 saturated carbocycles. The summed E-state index contributed by atoms with van der Waals surface area (Å²) in [6, 6.07) is 17.8. The van der Waals surface area contributed by atoms with Crippen LogP contribution in [0.5, 0.6) is 0 Å². The smallest absolute Gasteiger partial charge is 0.174 e. The summed E-state index contributed by atoms with van der Waals surface area (Å²) < 4.78 is 2.60. The zero-order chi connectivity index (χ0) is 22.2. The predicted octanol–water partition coefficient (Wildman–Crippen LogP) is 6.49. The third-order valence-electron chi connectivity index (χ3n) is 7.16. The van der Waals surface area contributed by atoms with E-state index in [0.717, 1.165) is 16.5 Å². The zero-order valence-electron chi connectivity index (χ0n) is 19.2. The maximum atomic E-state index is 5.91. The summed E-state index contributed by atoms with van der Waals surface area (Å²) in [6.07, 6.45) is 8.46. The molecule has 166 valence electrons. The van der Waals surface area contributed by atoms with Gasteiger partial charge in [-0.15, -0.1) is 0 Å². The van der Waals surface area contributed by atoms with E-state index in [9.17, 15) is 0 Å². The van der Waals surface area contributed by atoms with E-state index < -0.39 is 0 Å². The molecule has 1 saturated heterocycles. The van der Waals surface area contributed by atoms with Crippen molar-refractivity contribution in [2.45, 2.75) is 71.0 Å². The molecule has 0 amide bonds. The number of hydrogen-bond donors (Lipinski definition) is 1. The summed E-state index contributed by atoms with van der Waals surface area (Å²) in [4.78, 5) is 7.01. The topological polar surface area (TPSA) is 33.1 Å². The Bertz CT molecular complexity index is 1110. The SMILES string of the molecule is Cc1cccc(N2C(=S)N[C@H](c3ccccn3)[C@@H]2c2cc(C)n(C3CCCCC3)c2C)c1. The zero-order valence-corrected chi connectivity index (χ0v) is 20.0. The molecule has 32 heavy (non-hydrogen) atoms. The van der Waals surface area contributed by atoms with Crippen molar-refractivity contribution < 1.29 is 0 Å². The van der Waals surface area contributed by atoms with Crippen molar-refractivity contribution in [1.82, 2.24) is 14.9 Å². The lowest BCUT2D eigenvalue weighted by molar-refractivity contribution is 0.345. The number of thiocarbonyl (C=S) groups is 1. The highest BCUT2D eigenvalue weighted by atomic mass is 32.1. The fourth-order valence-electron chi connectivity index (χ4n) is 5.73. The van der Waals surface area contributed by atoms with Gasteiger partial charge in [-0.1, -0.05) is 37.5 Å². The van der Waals surface area contributed by atoms with Gasteiger partial charge in [-0.25, -0.2) is 0 Å². The molecule has 1 aliphatic carbocycles. The predicted molar refractivity (Wildman–Crippen MR) is 135 cm³/mol. The number of hydrogen-bond acceptors (Lipinski definition) is 2. The number of rotatable bonds is 4. The molecule has 1 aliphatic heterocycles. The molecule has 1 aromatic carbocycles. The van der Waals surface area contributed by atoms with Gasteiger partial charge in [0.15, 0.2) is 5.11 Å². The van der Waals surface area contributed by atoms with E-state index in [1.165, 1.54) is 54.6 Å². The standard InChI is InChI=1S/C27H32N4S/c1-18-10-9-13-22(16-18)31-26(25(29-27(31)32)24-14-7-8-15-28-24)23-17-19(2)30(20(23)3)21-11-5-4-6-12-21/h7-10,13-17,21,25-26H,4-6,11-12H2,1-3H3,(H,29,32)/t25-,26+/m1/s1. The Hall–Kier alpha value is -2.66. The molecule has 0 spiro atoms. The molecule has 0 bridgehead atoms. The number of anilines is 1. The van der Waals surface area contributed by atoms with Gasteiger partial charge in [0.25, 0.3) is 0 Å². The van der Waals surface area contributed by atoms with Gasteiger partial charge in [-0.2, -0.15) is 0 Å². The first kappa shape index (κ1) is 21.2. The van der Waals surface area contributed by atoms with Crippen LogP contribution in [0.15, 0.2) is 54.7 Å². The summed E-state index contributed by atoms with van der Waals surface area (Å²) >= 11 is 5.91. The van der Waals surface area contributed by atoms with E-state index in [4.69, 9.17) is 17.2 Å². The largest absolute Gasteiger partial charge is 0.351 e. The van der Waals surface area contributed by atoms with Gasteiger partial charge in [0.05, 0.1) is 17.8 Å². The third-order valence-corrected chi connectivity index (χ3v) is 7.47. The Kier molecular flexibility index (Phi) is 5.76. The lowest BCUT2D eigenvalue weighted by atomic mass is 9.94. The fraction of sp³-hybridized carbons (Fsp3) is 0.407. The first-order chi connectivity index (χ1) is 15.5. The van der Waals surface area contributed by atoms with Crippen molar-refractivity contribution in [2.24, 2.45) is 0 Å². The van der Waals surface area contributed by atoms with Crippen LogP contribution in [0, 0.1) is 20.8 Å². The minimum atomic E-state index is 0.00418. The van der Waals surface area contributed by atoms with Crippen molar-refractivity contribution >= 4 is 23.0 Å². The number of aryl methyl sites for hydroxylation is 2. The second-order valence-electron chi connectivity index (χ2n) is 9.32. The van der Waals surface area contributed by atoms with Crippen LogP contribution < -0.4 is 10.2 Å². The minimum Gasteiger partial charge on any atom is -0.351 e. The highest BCUT2D eigenvalue weighted by Gasteiger charge is 2.42. The van der Waals surface area contributed by atoms with E-state index in [1.807, 2.05) is 12.3 Å². The Morgan fingerprint density at radius 1 is 0.969 bits per heavy atom. The monoisotopic (exact) mass is 444 g/mol. The Balaban J connectivity index is 1.64. The normalized spacial score (nSPS) is 21.7. The molecule has 3 heterocycles. The molecule has 2 atom stereocenters. The summed E-state index contributed by atoms with van der Waals surface area (Å²) in [6.45, 7) is 6.69. The number of pyridine rings is 1. The molecule has 3 aromatic rings. The molecular formula is C27H32N4S. The van der Waals surface area contributed by atoms with Crippen LogP contribution >= 0.6 is 12.2 Å². The molecule has 4 nitrogen and oxygen atoms in total. The van der Waals surface area contributed by atoms with Crippen molar-refractivity contribution in [2.75, 3.05) is 4.90 Å². The van der Waals surface area contributed by atoms with Gasteiger partial charge in [0.2, 0.25) is 0 Å². The molecule has 5 rings (SSSR count). The molecule has 1 N–H and O–H groups in total. The molecule has 0 radical (unpaired) electrons. The number of aromatic nitrogens is 2.